The van der Waals surface area contributed by atoms with E-state index in [1.165, 1.54) is 39.8 Å². The SMILES string of the molecule is COC(=O)C(CN1CCN2CCCCC2C1)NC(C)=O. The van der Waals surface area contributed by atoms with Crippen molar-refractivity contribution in [2.24, 2.45) is 0 Å². The molecule has 0 aliphatic carbocycles. The van der Waals surface area contributed by atoms with Gasteiger partial charge in [-0.15, -0.1) is 0 Å². The number of carbonyl (C=O) groups is 2. The second kappa shape index (κ2) is 7.04. The highest BCUT2D eigenvalue weighted by Gasteiger charge is 2.31. The van der Waals surface area contributed by atoms with Gasteiger partial charge in [0.05, 0.1) is 7.11 Å². The van der Waals surface area contributed by atoms with E-state index in [0.717, 1.165) is 19.6 Å². The second-order valence-electron chi connectivity index (χ2n) is 5.72. The minimum absolute atomic E-state index is 0.197. The van der Waals surface area contributed by atoms with Gasteiger partial charge in [-0.3, -0.25) is 14.6 Å². The summed E-state index contributed by atoms with van der Waals surface area (Å²) in [4.78, 5) is 27.7. The Bertz CT molecular complexity index is 362. The molecule has 2 aliphatic rings. The standard InChI is InChI=1S/C14H25N3O3/c1-11(18)15-13(14(19)20-2)10-16-7-8-17-6-4-3-5-12(17)9-16/h12-13H,3-10H2,1-2H3,(H,15,18). The number of rotatable bonds is 4. The number of piperazine rings is 1. The predicted molar refractivity (Wildman–Crippen MR) is 75.3 cm³/mol. The van der Waals surface area contributed by atoms with Gasteiger partial charge in [-0.1, -0.05) is 6.42 Å². The van der Waals surface area contributed by atoms with Crippen molar-refractivity contribution in [2.75, 3.05) is 39.8 Å². The van der Waals surface area contributed by atoms with Gasteiger partial charge in [-0.05, 0) is 19.4 Å². The number of fused-ring (bicyclic) bond motifs is 1. The Kier molecular flexibility index (Phi) is 5.37. The van der Waals surface area contributed by atoms with Gasteiger partial charge in [-0.25, -0.2) is 4.79 Å². The second-order valence-corrected chi connectivity index (χ2v) is 5.72. The highest BCUT2D eigenvalue weighted by atomic mass is 16.5. The molecule has 0 radical (unpaired) electrons. The third kappa shape index (κ3) is 3.93. The van der Waals surface area contributed by atoms with Gasteiger partial charge in [0.2, 0.25) is 5.91 Å². The van der Waals surface area contributed by atoms with E-state index in [9.17, 15) is 9.59 Å². The van der Waals surface area contributed by atoms with Gasteiger partial charge in [0.15, 0.2) is 0 Å². The number of carbonyl (C=O) groups excluding carboxylic acids is 2. The molecule has 2 fully saturated rings. The van der Waals surface area contributed by atoms with Crippen LogP contribution in [0.3, 0.4) is 0 Å². The van der Waals surface area contributed by atoms with Gasteiger partial charge in [0, 0.05) is 39.1 Å². The van der Waals surface area contributed by atoms with Gasteiger partial charge < -0.3 is 10.1 Å². The lowest BCUT2D eigenvalue weighted by Gasteiger charge is -2.44. The molecule has 0 bridgehead atoms. The zero-order chi connectivity index (χ0) is 14.5. The fourth-order valence-electron chi connectivity index (χ4n) is 3.21. The minimum atomic E-state index is -0.562. The maximum Gasteiger partial charge on any atom is 0.329 e. The summed E-state index contributed by atoms with van der Waals surface area (Å²) in [6, 6.07) is 0.0424. The molecule has 0 aromatic carbocycles. The highest BCUT2D eigenvalue weighted by Crippen LogP contribution is 2.21. The Morgan fingerprint density at radius 1 is 1.30 bits per heavy atom. The average molecular weight is 283 g/mol. The van der Waals surface area contributed by atoms with Crippen LogP contribution in [-0.2, 0) is 14.3 Å². The zero-order valence-corrected chi connectivity index (χ0v) is 12.4. The van der Waals surface area contributed by atoms with Crippen LogP contribution in [0.2, 0.25) is 0 Å². The van der Waals surface area contributed by atoms with E-state index in [4.69, 9.17) is 4.74 Å². The largest absolute Gasteiger partial charge is 0.467 e. The Hall–Kier alpha value is -1.14. The molecule has 20 heavy (non-hydrogen) atoms. The third-order valence-electron chi connectivity index (χ3n) is 4.23. The van der Waals surface area contributed by atoms with Crippen molar-refractivity contribution in [3.05, 3.63) is 0 Å². The fraction of sp³-hybridized carbons (Fsp3) is 0.857. The lowest BCUT2D eigenvalue weighted by Crippen LogP contribution is -2.58. The first-order valence-electron chi connectivity index (χ1n) is 7.41. The Balaban J connectivity index is 1.89. The maximum atomic E-state index is 11.7. The van der Waals surface area contributed by atoms with Crippen molar-refractivity contribution in [3.8, 4) is 0 Å². The van der Waals surface area contributed by atoms with Crippen molar-refractivity contribution >= 4 is 11.9 Å². The van der Waals surface area contributed by atoms with Crippen molar-refractivity contribution < 1.29 is 14.3 Å². The molecule has 2 saturated heterocycles. The monoisotopic (exact) mass is 283 g/mol. The van der Waals surface area contributed by atoms with E-state index < -0.39 is 6.04 Å². The molecule has 2 aliphatic heterocycles. The van der Waals surface area contributed by atoms with Crippen molar-refractivity contribution in [1.82, 2.24) is 15.1 Å². The van der Waals surface area contributed by atoms with Crippen molar-refractivity contribution in [1.29, 1.82) is 0 Å². The lowest BCUT2D eigenvalue weighted by atomic mass is 9.99. The van der Waals surface area contributed by atoms with Gasteiger partial charge in [0.25, 0.3) is 0 Å². The summed E-state index contributed by atoms with van der Waals surface area (Å²) < 4.78 is 4.77. The first kappa shape index (κ1) is 15.3. The molecule has 2 atom stereocenters. The van der Waals surface area contributed by atoms with Gasteiger partial charge >= 0.3 is 5.97 Å². The third-order valence-corrected chi connectivity index (χ3v) is 4.23. The summed E-state index contributed by atoms with van der Waals surface area (Å²) in [6.07, 6.45) is 3.83. The van der Waals surface area contributed by atoms with Crippen LogP contribution < -0.4 is 5.32 Å². The Morgan fingerprint density at radius 2 is 2.10 bits per heavy atom. The summed E-state index contributed by atoms with van der Waals surface area (Å²) in [7, 11) is 1.36. The van der Waals surface area contributed by atoms with E-state index >= 15 is 0 Å². The van der Waals surface area contributed by atoms with E-state index in [1.54, 1.807) is 0 Å². The molecule has 2 heterocycles. The Morgan fingerprint density at radius 3 is 2.80 bits per heavy atom. The summed E-state index contributed by atoms with van der Waals surface area (Å²) >= 11 is 0. The number of methoxy groups -OCH3 is 1. The van der Waals surface area contributed by atoms with E-state index in [-0.39, 0.29) is 11.9 Å². The minimum Gasteiger partial charge on any atom is -0.467 e. The molecular weight excluding hydrogens is 258 g/mol. The van der Waals surface area contributed by atoms with Crippen LogP contribution in [0.1, 0.15) is 26.2 Å². The van der Waals surface area contributed by atoms with Crippen LogP contribution in [0.25, 0.3) is 0 Å². The molecular formula is C14H25N3O3. The first-order valence-corrected chi connectivity index (χ1v) is 7.41. The van der Waals surface area contributed by atoms with Crippen LogP contribution in [0.15, 0.2) is 0 Å². The van der Waals surface area contributed by atoms with E-state index in [2.05, 4.69) is 15.1 Å². The molecule has 1 N–H and O–H groups in total. The predicted octanol–water partition coefficient (Wildman–Crippen LogP) is -0.166. The highest BCUT2D eigenvalue weighted by molar-refractivity contribution is 5.83. The van der Waals surface area contributed by atoms with Gasteiger partial charge in [0.1, 0.15) is 6.04 Å². The molecule has 2 rings (SSSR count). The number of hydrogen-bond acceptors (Lipinski definition) is 5. The molecule has 6 heteroatoms. The summed E-state index contributed by atoms with van der Waals surface area (Å²) in [6.45, 7) is 6.14. The molecule has 0 spiro atoms. The molecule has 1 amide bonds. The Labute approximate surface area is 120 Å². The van der Waals surface area contributed by atoms with E-state index in [0.29, 0.717) is 12.6 Å². The van der Waals surface area contributed by atoms with Crippen LogP contribution in [0, 0.1) is 0 Å². The molecule has 6 nitrogen and oxygen atoms in total. The topological polar surface area (TPSA) is 61.9 Å². The molecule has 2 unspecified atom stereocenters. The number of nitrogens with one attached hydrogen (secondary N) is 1. The van der Waals surface area contributed by atoms with Crippen LogP contribution >= 0.6 is 0 Å². The molecule has 0 aromatic heterocycles. The summed E-state index contributed by atoms with van der Waals surface area (Å²) in [5.74, 6) is -0.567. The average Bonchev–Trinajstić information content (AvgIpc) is 2.45. The first-order chi connectivity index (χ1) is 9.60. The van der Waals surface area contributed by atoms with Crippen LogP contribution in [-0.4, -0.2) is 73.6 Å². The number of nitrogens with zero attached hydrogens (tertiary/aromatic N) is 2. The quantitative estimate of drug-likeness (QED) is 0.726. The maximum absolute atomic E-state index is 11.7. The number of hydrogen-bond donors (Lipinski definition) is 1. The number of esters is 1. The molecule has 0 saturated carbocycles. The lowest BCUT2D eigenvalue weighted by molar-refractivity contribution is -0.145. The fourth-order valence-corrected chi connectivity index (χ4v) is 3.21. The van der Waals surface area contributed by atoms with Crippen LogP contribution in [0.5, 0.6) is 0 Å². The summed E-state index contributed by atoms with van der Waals surface area (Å²) in [5, 5.41) is 2.68. The van der Waals surface area contributed by atoms with Crippen molar-refractivity contribution in [2.45, 2.75) is 38.3 Å². The summed E-state index contributed by atoms with van der Waals surface area (Å²) in [5.41, 5.74) is 0. The zero-order valence-electron chi connectivity index (χ0n) is 12.4. The van der Waals surface area contributed by atoms with Crippen LogP contribution in [0.4, 0.5) is 0 Å². The number of amides is 1. The van der Waals surface area contributed by atoms with Gasteiger partial charge in [-0.2, -0.15) is 0 Å². The molecule has 0 aromatic rings. The van der Waals surface area contributed by atoms with E-state index in [1.807, 2.05) is 0 Å². The van der Waals surface area contributed by atoms with Crippen molar-refractivity contribution in [3.63, 3.8) is 0 Å². The normalized spacial score (nSPS) is 25.6. The smallest absolute Gasteiger partial charge is 0.329 e. The number of ether oxygens (including phenoxy) is 1. The molecule has 114 valence electrons. The number of piperidine rings is 1.